The van der Waals surface area contributed by atoms with Crippen LogP contribution in [0, 0.1) is 0 Å². The molecule has 0 heterocycles. The Balaban J connectivity index is 1.92. The molecule has 27 heavy (non-hydrogen) atoms. The van der Waals surface area contributed by atoms with Gasteiger partial charge >= 0.3 is 0 Å². The highest BCUT2D eigenvalue weighted by molar-refractivity contribution is 5.72. The van der Waals surface area contributed by atoms with Crippen LogP contribution >= 0.6 is 0 Å². The molecule has 0 radical (unpaired) electrons. The highest BCUT2D eigenvalue weighted by Crippen LogP contribution is 2.65. The molecule has 1 atom stereocenters. The molecule has 4 aromatic rings. The Morgan fingerprint density at radius 1 is 0.407 bits per heavy atom. The van der Waals surface area contributed by atoms with E-state index in [0.717, 1.165) is 0 Å². The van der Waals surface area contributed by atoms with Gasteiger partial charge in [-0.25, -0.2) is 0 Å². The van der Waals surface area contributed by atoms with Crippen molar-refractivity contribution in [2.24, 2.45) is 0 Å². The van der Waals surface area contributed by atoms with Gasteiger partial charge in [-0.2, -0.15) is 0 Å². The number of rotatable bonds is 3. The quantitative estimate of drug-likeness (QED) is 0.406. The standard InChI is InChI=1S/C27H22/c1-26(21-13-5-2-6-14-21)24-19-11-12-20-25(24)27(26,22-15-7-3-8-16-22)23-17-9-4-10-18-23/h2-20H,1H3. The van der Waals surface area contributed by atoms with E-state index in [1.165, 1.54) is 27.8 Å². The summed E-state index contributed by atoms with van der Waals surface area (Å²) in [4.78, 5) is 0. The van der Waals surface area contributed by atoms with E-state index < -0.39 is 0 Å². The summed E-state index contributed by atoms with van der Waals surface area (Å²) in [5.74, 6) is 0. The van der Waals surface area contributed by atoms with Crippen molar-refractivity contribution in [2.75, 3.05) is 0 Å². The monoisotopic (exact) mass is 346 g/mol. The zero-order valence-electron chi connectivity index (χ0n) is 15.5. The minimum Gasteiger partial charge on any atom is -0.0622 e. The molecule has 0 saturated heterocycles. The molecular formula is C27H22. The second kappa shape index (κ2) is 5.96. The van der Waals surface area contributed by atoms with E-state index in [2.05, 4.69) is 122 Å². The summed E-state index contributed by atoms with van der Waals surface area (Å²) in [6.45, 7) is 2.41. The third kappa shape index (κ3) is 1.99. The number of hydrogen-bond donors (Lipinski definition) is 0. The minimum absolute atomic E-state index is 0.131. The summed E-state index contributed by atoms with van der Waals surface area (Å²) < 4.78 is 0. The number of hydrogen-bond acceptors (Lipinski definition) is 0. The van der Waals surface area contributed by atoms with Crippen LogP contribution in [0.2, 0.25) is 0 Å². The first-order valence-electron chi connectivity index (χ1n) is 9.56. The molecule has 1 unspecified atom stereocenters. The number of fused-ring (bicyclic) bond motifs is 1. The first-order valence-corrected chi connectivity index (χ1v) is 9.56. The van der Waals surface area contributed by atoms with Gasteiger partial charge in [0.1, 0.15) is 0 Å². The van der Waals surface area contributed by atoms with Gasteiger partial charge in [0.05, 0.1) is 5.41 Å². The van der Waals surface area contributed by atoms with Crippen LogP contribution in [-0.4, -0.2) is 0 Å². The van der Waals surface area contributed by atoms with Gasteiger partial charge in [0.2, 0.25) is 0 Å². The van der Waals surface area contributed by atoms with E-state index in [0.29, 0.717) is 0 Å². The van der Waals surface area contributed by atoms with Crippen molar-refractivity contribution >= 4 is 0 Å². The average molecular weight is 346 g/mol. The average Bonchev–Trinajstić information content (AvgIpc) is 2.76. The van der Waals surface area contributed by atoms with E-state index in [9.17, 15) is 0 Å². The normalized spacial score (nSPS) is 19.7. The lowest BCUT2D eigenvalue weighted by Crippen LogP contribution is -2.58. The van der Waals surface area contributed by atoms with E-state index >= 15 is 0 Å². The Morgan fingerprint density at radius 2 is 0.778 bits per heavy atom. The molecule has 5 rings (SSSR count). The largest absolute Gasteiger partial charge is 0.0622 e. The van der Waals surface area contributed by atoms with Gasteiger partial charge in [-0.1, -0.05) is 115 Å². The van der Waals surface area contributed by atoms with Crippen LogP contribution < -0.4 is 0 Å². The van der Waals surface area contributed by atoms with Gasteiger partial charge in [0.25, 0.3) is 0 Å². The van der Waals surface area contributed by atoms with E-state index in [-0.39, 0.29) is 10.8 Å². The number of benzene rings is 4. The van der Waals surface area contributed by atoms with Crippen molar-refractivity contribution in [3.8, 4) is 0 Å². The summed E-state index contributed by atoms with van der Waals surface area (Å²) in [5.41, 5.74) is 6.55. The Kier molecular flexibility index (Phi) is 3.55. The highest BCUT2D eigenvalue weighted by atomic mass is 14.6. The lowest BCUT2D eigenvalue weighted by Gasteiger charge is -2.60. The van der Waals surface area contributed by atoms with Crippen LogP contribution in [0.3, 0.4) is 0 Å². The second-order valence-electron chi connectivity index (χ2n) is 7.52. The van der Waals surface area contributed by atoms with E-state index in [4.69, 9.17) is 0 Å². The molecule has 0 bridgehead atoms. The van der Waals surface area contributed by atoms with Crippen LogP contribution in [0.15, 0.2) is 115 Å². The molecule has 0 N–H and O–H groups in total. The van der Waals surface area contributed by atoms with Crippen molar-refractivity contribution < 1.29 is 0 Å². The molecule has 0 saturated carbocycles. The fourth-order valence-corrected chi connectivity index (χ4v) is 5.23. The summed E-state index contributed by atoms with van der Waals surface area (Å²) >= 11 is 0. The lowest BCUT2D eigenvalue weighted by atomic mass is 9.41. The molecule has 1 aliphatic rings. The zero-order chi connectivity index (χ0) is 18.3. The topological polar surface area (TPSA) is 0 Å². The Bertz CT molecular complexity index is 1030. The molecule has 0 aromatic heterocycles. The summed E-state index contributed by atoms with van der Waals surface area (Å²) in [6.07, 6.45) is 0. The van der Waals surface area contributed by atoms with Gasteiger partial charge in [-0.05, 0) is 34.7 Å². The van der Waals surface area contributed by atoms with Gasteiger partial charge in [-0.15, -0.1) is 0 Å². The third-order valence-electron chi connectivity index (χ3n) is 6.38. The fourth-order valence-electron chi connectivity index (χ4n) is 5.23. The molecule has 0 spiro atoms. The van der Waals surface area contributed by atoms with Crippen molar-refractivity contribution in [3.05, 3.63) is 143 Å². The molecule has 0 aliphatic heterocycles. The van der Waals surface area contributed by atoms with Gasteiger partial charge in [-0.3, -0.25) is 0 Å². The molecule has 0 amide bonds. The maximum Gasteiger partial charge on any atom is 0.0588 e. The highest BCUT2D eigenvalue weighted by Gasteiger charge is 2.62. The Hall–Kier alpha value is -3.12. The van der Waals surface area contributed by atoms with Gasteiger partial charge in [0.15, 0.2) is 0 Å². The third-order valence-corrected chi connectivity index (χ3v) is 6.38. The van der Waals surface area contributed by atoms with Crippen molar-refractivity contribution in [1.29, 1.82) is 0 Å². The van der Waals surface area contributed by atoms with Crippen LogP contribution in [0.1, 0.15) is 34.7 Å². The predicted molar refractivity (Wildman–Crippen MR) is 112 cm³/mol. The molecule has 4 aromatic carbocycles. The van der Waals surface area contributed by atoms with Crippen LogP contribution in [0.4, 0.5) is 0 Å². The SMILES string of the molecule is CC1(c2ccccc2)c2ccccc2C1(c1ccccc1)c1ccccc1. The molecule has 0 fully saturated rings. The zero-order valence-corrected chi connectivity index (χ0v) is 15.5. The van der Waals surface area contributed by atoms with E-state index in [1.807, 2.05) is 0 Å². The summed E-state index contributed by atoms with van der Waals surface area (Å²) in [5, 5.41) is 0. The predicted octanol–water partition coefficient (Wildman–Crippen LogP) is 6.34. The molecule has 130 valence electrons. The van der Waals surface area contributed by atoms with Crippen LogP contribution in [0.25, 0.3) is 0 Å². The molecular weight excluding hydrogens is 324 g/mol. The van der Waals surface area contributed by atoms with Crippen molar-refractivity contribution in [3.63, 3.8) is 0 Å². The van der Waals surface area contributed by atoms with Crippen molar-refractivity contribution in [1.82, 2.24) is 0 Å². The summed E-state index contributed by atoms with van der Waals surface area (Å²) in [7, 11) is 0. The van der Waals surface area contributed by atoms with Gasteiger partial charge in [0, 0.05) is 5.41 Å². The maximum atomic E-state index is 2.41. The van der Waals surface area contributed by atoms with Gasteiger partial charge < -0.3 is 0 Å². The second-order valence-corrected chi connectivity index (χ2v) is 7.52. The Morgan fingerprint density at radius 3 is 1.26 bits per heavy atom. The van der Waals surface area contributed by atoms with Crippen LogP contribution in [-0.2, 0) is 10.8 Å². The lowest BCUT2D eigenvalue weighted by molar-refractivity contribution is 0.323. The molecule has 0 heteroatoms. The fraction of sp³-hybridized carbons (Fsp3) is 0.111. The first kappa shape index (κ1) is 16.1. The van der Waals surface area contributed by atoms with Crippen molar-refractivity contribution in [2.45, 2.75) is 17.8 Å². The minimum atomic E-state index is -0.201. The van der Waals surface area contributed by atoms with Crippen LogP contribution in [0.5, 0.6) is 0 Å². The van der Waals surface area contributed by atoms with E-state index in [1.54, 1.807) is 0 Å². The summed E-state index contributed by atoms with van der Waals surface area (Å²) in [6, 6.07) is 41.9. The molecule has 0 nitrogen and oxygen atoms in total. The smallest absolute Gasteiger partial charge is 0.0588 e. The Labute approximate surface area is 161 Å². The molecule has 1 aliphatic carbocycles. The first-order chi connectivity index (χ1) is 13.3. The maximum absolute atomic E-state index is 2.41.